The molecule has 1 heterocycles. The third-order valence-corrected chi connectivity index (χ3v) is 10.8. The minimum Gasteiger partial charge on any atom is -0.497 e. The highest BCUT2D eigenvalue weighted by Gasteiger charge is 2.48. The van der Waals surface area contributed by atoms with Crippen molar-refractivity contribution in [1.82, 2.24) is 10.6 Å². The van der Waals surface area contributed by atoms with E-state index < -0.39 is 37.1 Å². The monoisotopic (exact) mass is 809 g/mol. The van der Waals surface area contributed by atoms with Gasteiger partial charge in [-0.15, -0.1) is 0 Å². The van der Waals surface area contributed by atoms with Crippen molar-refractivity contribution >= 4 is 23.4 Å². The van der Waals surface area contributed by atoms with Gasteiger partial charge >= 0.3 is 0 Å². The van der Waals surface area contributed by atoms with E-state index in [2.05, 4.69) is 10.6 Å². The van der Waals surface area contributed by atoms with Gasteiger partial charge in [0.05, 0.1) is 37.9 Å². The fraction of sp³-hybridized carbons (Fsp3) is 0.523. The van der Waals surface area contributed by atoms with E-state index in [-0.39, 0.29) is 48.5 Å². The number of nitrogens with zero attached hydrogens (tertiary/aromatic N) is 1. The van der Waals surface area contributed by atoms with Crippen LogP contribution in [-0.2, 0) is 20.9 Å². The number of ether oxygens (including phenoxy) is 1. The third kappa shape index (κ3) is 13.8. The maximum atomic E-state index is 13.6. The second-order valence-corrected chi connectivity index (χ2v) is 15.1. The number of aliphatic hydroxyl groups is 6. The Kier molecular flexibility index (Phi) is 19.0. The molecule has 0 aliphatic carbocycles. The lowest BCUT2D eigenvalue weighted by Gasteiger charge is -2.48. The molecule has 13 nitrogen and oxygen atoms in total. The zero-order chi connectivity index (χ0) is 42.0. The Balaban J connectivity index is 1.10. The summed E-state index contributed by atoms with van der Waals surface area (Å²) < 4.78 is 18.7. The van der Waals surface area contributed by atoms with Gasteiger partial charge in [0, 0.05) is 31.6 Å². The molecule has 3 aromatic rings. The van der Waals surface area contributed by atoms with Crippen molar-refractivity contribution in [2.45, 2.75) is 120 Å². The number of unbranched alkanes of at least 4 members (excludes halogenated alkanes) is 7. The second kappa shape index (κ2) is 23.8. The van der Waals surface area contributed by atoms with Crippen LogP contribution in [-0.4, -0.2) is 93.0 Å². The van der Waals surface area contributed by atoms with E-state index in [9.17, 15) is 44.3 Å². The van der Waals surface area contributed by atoms with Crippen molar-refractivity contribution in [3.05, 3.63) is 95.3 Å². The van der Waals surface area contributed by atoms with E-state index in [1.54, 1.807) is 24.1 Å². The Hall–Kier alpha value is -4.44. The first-order chi connectivity index (χ1) is 27.9. The molecule has 14 heteroatoms. The molecule has 58 heavy (non-hydrogen) atoms. The van der Waals surface area contributed by atoms with Crippen LogP contribution in [0.2, 0.25) is 0 Å². The SMILES string of the molecule is COc1ccc(C2C(CCC(O)c3ccc(F)cc3)C(=O)N2c2ccc(CNC(=O)CCCCCCCCCCC(=O)NCC(O)C(O)C(O)C(O)CO)cc2)cc1. The molecular weight excluding hydrogens is 749 g/mol. The third-order valence-electron chi connectivity index (χ3n) is 10.8. The van der Waals surface area contributed by atoms with Gasteiger partial charge in [-0.2, -0.15) is 0 Å². The zero-order valence-corrected chi connectivity index (χ0v) is 33.2. The molecule has 1 saturated heterocycles. The van der Waals surface area contributed by atoms with Gasteiger partial charge in [-0.05, 0) is 78.8 Å². The molecule has 0 bridgehead atoms. The Labute approximate surface area is 339 Å². The van der Waals surface area contributed by atoms with Crippen molar-refractivity contribution in [3.8, 4) is 5.75 Å². The number of amides is 3. The number of halogens is 1. The van der Waals surface area contributed by atoms with Crippen molar-refractivity contribution in [2.75, 3.05) is 25.2 Å². The maximum absolute atomic E-state index is 13.6. The number of hydrogen-bond acceptors (Lipinski definition) is 10. The number of anilines is 1. The first-order valence-corrected chi connectivity index (χ1v) is 20.3. The summed E-state index contributed by atoms with van der Waals surface area (Å²) in [4.78, 5) is 39.9. The number of benzene rings is 3. The summed E-state index contributed by atoms with van der Waals surface area (Å²) in [5, 5.41) is 63.8. The van der Waals surface area contributed by atoms with E-state index in [0.717, 1.165) is 61.8 Å². The predicted octanol–water partition coefficient (Wildman–Crippen LogP) is 4.12. The predicted molar refractivity (Wildman–Crippen MR) is 216 cm³/mol. The number of carbonyl (C=O) groups excluding carboxylic acids is 3. The van der Waals surface area contributed by atoms with Crippen molar-refractivity contribution in [1.29, 1.82) is 0 Å². The number of rotatable bonds is 26. The van der Waals surface area contributed by atoms with Crippen LogP contribution in [0.3, 0.4) is 0 Å². The molecular formula is C44H60FN3O10. The molecule has 3 amide bonds. The van der Waals surface area contributed by atoms with Gasteiger partial charge in [0.1, 0.15) is 29.9 Å². The number of nitrogens with one attached hydrogen (secondary N) is 2. The van der Waals surface area contributed by atoms with Crippen LogP contribution in [0.15, 0.2) is 72.8 Å². The molecule has 8 N–H and O–H groups in total. The average molecular weight is 810 g/mol. The summed E-state index contributed by atoms with van der Waals surface area (Å²) in [5.74, 6) is -0.357. The summed E-state index contributed by atoms with van der Waals surface area (Å²) in [6.45, 7) is -0.681. The lowest BCUT2D eigenvalue weighted by atomic mass is 9.78. The Bertz CT molecular complexity index is 1700. The summed E-state index contributed by atoms with van der Waals surface area (Å²) in [6, 6.07) is 20.7. The summed E-state index contributed by atoms with van der Waals surface area (Å²) >= 11 is 0. The summed E-state index contributed by atoms with van der Waals surface area (Å²) in [6.07, 6.45) is 1.46. The Morgan fingerprint density at radius 3 is 1.86 bits per heavy atom. The number of aliphatic hydroxyl groups excluding tert-OH is 6. The highest BCUT2D eigenvalue weighted by molar-refractivity contribution is 6.03. The van der Waals surface area contributed by atoms with Crippen molar-refractivity contribution < 1.29 is 54.2 Å². The molecule has 0 saturated carbocycles. The lowest BCUT2D eigenvalue weighted by Crippen LogP contribution is -2.55. The van der Waals surface area contributed by atoms with Crippen LogP contribution in [0.4, 0.5) is 10.1 Å². The van der Waals surface area contributed by atoms with Gasteiger partial charge in [0.15, 0.2) is 0 Å². The van der Waals surface area contributed by atoms with Gasteiger partial charge in [-0.1, -0.05) is 74.9 Å². The van der Waals surface area contributed by atoms with E-state index in [1.165, 1.54) is 12.1 Å². The molecule has 7 unspecified atom stereocenters. The smallest absolute Gasteiger partial charge is 0.233 e. The molecule has 318 valence electrons. The number of carbonyl (C=O) groups is 3. The fourth-order valence-electron chi connectivity index (χ4n) is 7.18. The van der Waals surface area contributed by atoms with Crippen molar-refractivity contribution in [2.24, 2.45) is 5.92 Å². The van der Waals surface area contributed by atoms with Crippen LogP contribution in [0, 0.1) is 11.7 Å². The topological polar surface area (TPSA) is 209 Å². The first-order valence-electron chi connectivity index (χ1n) is 20.3. The quantitative estimate of drug-likeness (QED) is 0.0430. The van der Waals surface area contributed by atoms with Gasteiger partial charge in [-0.25, -0.2) is 4.39 Å². The first kappa shape index (κ1) is 46.3. The minimum absolute atomic E-state index is 0.0218. The van der Waals surface area contributed by atoms with Gasteiger partial charge in [0.2, 0.25) is 17.7 Å². The highest BCUT2D eigenvalue weighted by Crippen LogP contribution is 2.46. The fourth-order valence-corrected chi connectivity index (χ4v) is 7.18. The summed E-state index contributed by atoms with van der Waals surface area (Å²) in [7, 11) is 1.60. The molecule has 0 spiro atoms. The van der Waals surface area contributed by atoms with Crippen LogP contribution in [0.5, 0.6) is 5.75 Å². The molecule has 3 aromatic carbocycles. The second-order valence-electron chi connectivity index (χ2n) is 15.1. The Morgan fingerprint density at radius 2 is 1.29 bits per heavy atom. The molecule has 4 rings (SSSR count). The number of β-lactam (4-membered cyclic amide) rings is 1. The molecule has 1 fully saturated rings. The largest absolute Gasteiger partial charge is 0.497 e. The van der Waals surface area contributed by atoms with Crippen LogP contribution >= 0.6 is 0 Å². The standard InChI is InChI=1S/C44H60FN3O10/c1-58-34-22-16-31(17-23-34)41-35(24-25-36(50)30-14-18-32(45)19-15-30)44(57)48(41)33-20-12-29(13-21-33)26-46-39(53)10-8-6-4-2-3-5-7-9-11-40(54)47-27-37(51)42(55)43(56)38(52)28-49/h12-23,35-38,41-43,49-52,55-56H,2-11,24-28H2,1H3,(H,46,53)(H,47,54). The van der Waals surface area contributed by atoms with Gasteiger partial charge < -0.3 is 50.9 Å². The maximum Gasteiger partial charge on any atom is 0.233 e. The normalized spacial score (nSPS) is 17.8. The van der Waals surface area contributed by atoms with Crippen LogP contribution < -0.4 is 20.3 Å². The van der Waals surface area contributed by atoms with Gasteiger partial charge in [0.25, 0.3) is 0 Å². The summed E-state index contributed by atoms with van der Waals surface area (Å²) in [5.41, 5.74) is 3.21. The lowest BCUT2D eigenvalue weighted by molar-refractivity contribution is -0.131. The average Bonchev–Trinajstić information content (AvgIpc) is 3.24. The molecule has 1 aliphatic rings. The minimum atomic E-state index is -1.73. The number of hydrogen-bond donors (Lipinski definition) is 8. The van der Waals surface area contributed by atoms with Crippen molar-refractivity contribution in [3.63, 3.8) is 0 Å². The molecule has 1 aliphatic heterocycles. The van der Waals surface area contributed by atoms with E-state index >= 15 is 0 Å². The van der Waals surface area contributed by atoms with Crippen LogP contribution in [0.25, 0.3) is 0 Å². The van der Waals surface area contributed by atoms with E-state index in [0.29, 0.717) is 43.5 Å². The Morgan fingerprint density at radius 1 is 0.741 bits per heavy atom. The van der Waals surface area contributed by atoms with E-state index in [4.69, 9.17) is 9.84 Å². The number of methoxy groups -OCH3 is 1. The molecule has 0 aromatic heterocycles. The highest BCUT2D eigenvalue weighted by atomic mass is 19.1. The molecule has 7 atom stereocenters. The van der Waals surface area contributed by atoms with Crippen LogP contribution in [0.1, 0.15) is 106 Å². The molecule has 0 radical (unpaired) electrons. The zero-order valence-electron chi connectivity index (χ0n) is 33.2. The van der Waals surface area contributed by atoms with E-state index in [1.807, 2.05) is 48.5 Å². The van der Waals surface area contributed by atoms with Gasteiger partial charge in [-0.3, -0.25) is 14.4 Å².